The molecule has 2 aliphatic rings. The summed E-state index contributed by atoms with van der Waals surface area (Å²) in [6, 6.07) is 10.7. The molecule has 0 unspecified atom stereocenters. The number of hydrogen-bond acceptors (Lipinski definition) is 8. The fourth-order valence-corrected chi connectivity index (χ4v) is 5.78. The lowest BCUT2D eigenvalue weighted by Gasteiger charge is -2.38. The smallest absolute Gasteiger partial charge is 0.319 e. The highest BCUT2D eigenvalue weighted by molar-refractivity contribution is 6.30. The van der Waals surface area contributed by atoms with Gasteiger partial charge in [0.15, 0.2) is 11.0 Å². The van der Waals surface area contributed by atoms with Gasteiger partial charge >= 0.3 is 6.01 Å². The Morgan fingerprint density at radius 2 is 1.80 bits per heavy atom. The number of anilines is 1. The Morgan fingerprint density at radius 3 is 2.50 bits per heavy atom. The van der Waals surface area contributed by atoms with Crippen molar-refractivity contribution in [3.8, 4) is 6.01 Å². The van der Waals surface area contributed by atoms with Gasteiger partial charge in [-0.2, -0.15) is 9.97 Å². The zero-order chi connectivity index (χ0) is 28.3. The maximum Gasteiger partial charge on any atom is 0.319 e. The number of pyridine rings is 1. The molecule has 1 aromatic carbocycles. The summed E-state index contributed by atoms with van der Waals surface area (Å²) < 4.78 is 21.2. The van der Waals surface area contributed by atoms with Crippen LogP contribution >= 0.6 is 11.6 Å². The molecule has 2 aliphatic heterocycles. The lowest BCUT2D eigenvalue weighted by atomic mass is 9.95. The van der Waals surface area contributed by atoms with Gasteiger partial charge in [-0.05, 0) is 31.2 Å². The van der Waals surface area contributed by atoms with Crippen LogP contribution in [0.2, 0.25) is 5.15 Å². The molecule has 3 aromatic rings. The molecule has 2 atom stereocenters. The molecule has 0 aliphatic carbocycles. The van der Waals surface area contributed by atoms with E-state index in [0.29, 0.717) is 43.2 Å². The van der Waals surface area contributed by atoms with Crippen LogP contribution in [-0.2, 0) is 6.54 Å². The Kier molecular flexibility index (Phi) is 9.05. The fourth-order valence-electron chi connectivity index (χ4n) is 5.65. The second kappa shape index (κ2) is 12.5. The van der Waals surface area contributed by atoms with Crippen molar-refractivity contribution in [3.05, 3.63) is 53.1 Å². The van der Waals surface area contributed by atoms with Crippen molar-refractivity contribution in [1.29, 1.82) is 0 Å². The number of aromatic nitrogens is 3. The third kappa shape index (κ3) is 7.00. The van der Waals surface area contributed by atoms with E-state index in [4.69, 9.17) is 21.3 Å². The first-order valence-electron chi connectivity index (χ1n) is 14.3. The summed E-state index contributed by atoms with van der Waals surface area (Å²) in [5, 5.41) is 10.9. The van der Waals surface area contributed by atoms with Crippen LogP contribution < -0.4 is 9.64 Å². The van der Waals surface area contributed by atoms with Crippen LogP contribution in [0.4, 0.5) is 10.2 Å². The second-order valence-corrected chi connectivity index (χ2v) is 12.2. The second-order valence-electron chi connectivity index (χ2n) is 11.9. The summed E-state index contributed by atoms with van der Waals surface area (Å²) in [5.41, 5.74) is 0.574. The summed E-state index contributed by atoms with van der Waals surface area (Å²) in [6.45, 7) is 13.7. The van der Waals surface area contributed by atoms with Crippen LogP contribution in [0.25, 0.3) is 10.9 Å². The number of halogens is 2. The predicted octanol–water partition coefficient (Wildman–Crippen LogP) is 4.64. The quantitative estimate of drug-likeness (QED) is 0.373. The molecule has 10 heteroatoms. The van der Waals surface area contributed by atoms with Gasteiger partial charge in [0.05, 0.1) is 17.6 Å². The zero-order valence-corrected chi connectivity index (χ0v) is 24.4. The van der Waals surface area contributed by atoms with E-state index in [1.165, 1.54) is 11.8 Å². The average Bonchev–Trinajstić information content (AvgIpc) is 2.93. The van der Waals surface area contributed by atoms with Gasteiger partial charge < -0.3 is 19.6 Å². The SMILES string of the molecule is CC(C)[C@@H](COc1nc(N2CCC[C@@](C)(O)C2)c2cnc(Cl)c(F)c2n1)CN1CCN(Cc2ccccc2)CC1. The van der Waals surface area contributed by atoms with Gasteiger partial charge in [0.2, 0.25) is 0 Å². The number of piperazine rings is 1. The van der Waals surface area contributed by atoms with Crippen LogP contribution in [0.1, 0.15) is 39.2 Å². The van der Waals surface area contributed by atoms with E-state index < -0.39 is 11.4 Å². The predicted molar refractivity (Wildman–Crippen MR) is 156 cm³/mol. The topological polar surface area (TPSA) is 77.8 Å². The largest absolute Gasteiger partial charge is 0.463 e. The summed E-state index contributed by atoms with van der Waals surface area (Å²) >= 11 is 6.01. The lowest BCUT2D eigenvalue weighted by molar-refractivity contribution is 0.0447. The first-order chi connectivity index (χ1) is 19.2. The van der Waals surface area contributed by atoms with Gasteiger partial charge in [0.25, 0.3) is 0 Å². The molecule has 2 saturated heterocycles. The van der Waals surface area contributed by atoms with Gasteiger partial charge in [-0.15, -0.1) is 0 Å². The summed E-state index contributed by atoms with van der Waals surface area (Å²) in [5.74, 6) is 0.462. The maximum atomic E-state index is 15.1. The number of piperidine rings is 1. The average molecular weight is 571 g/mol. The molecule has 8 nitrogen and oxygen atoms in total. The van der Waals surface area contributed by atoms with E-state index in [-0.39, 0.29) is 22.6 Å². The van der Waals surface area contributed by atoms with E-state index in [2.05, 4.69) is 63.9 Å². The van der Waals surface area contributed by atoms with Crippen molar-refractivity contribution in [1.82, 2.24) is 24.8 Å². The summed E-state index contributed by atoms with van der Waals surface area (Å²) in [7, 11) is 0. The molecule has 0 spiro atoms. The molecule has 1 N–H and O–H groups in total. The van der Waals surface area contributed by atoms with Crippen molar-refractivity contribution in [2.75, 3.05) is 57.3 Å². The maximum absolute atomic E-state index is 15.1. The molecule has 0 amide bonds. The Labute approximate surface area is 241 Å². The molecule has 2 aromatic heterocycles. The molecule has 2 fully saturated rings. The normalized spacial score (nSPS) is 21.7. The highest BCUT2D eigenvalue weighted by atomic mass is 35.5. The monoisotopic (exact) mass is 570 g/mol. The van der Waals surface area contributed by atoms with Crippen molar-refractivity contribution >= 4 is 28.3 Å². The van der Waals surface area contributed by atoms with Gasteiger partial charge in [-0.1, -0.05) is 55.8 Å². The van der Waals surface area contributed by atoms with Crippen LogP contribution in [-0.4, -0.2) is 87.9 Å². The van der Waals surface area contributed by atoms with Crippen LogP contribution in [0.15, 0.2) is 36.5 Å². The summed E-state index contributed by atoms with van der Waals surface area (Å²) in [6.07, 6.45) is 2.99. The van der Waals surface area contributed by atoms with Gasteiger partial charge in [-0.25, -0.2) is 9.37 Å². The minimum absolute atomic E-state index is 0.0841. The number of β-amino-alcohol motifs (C(OH)–C–C–N with tert-alkyl or cyclic N) is 1. The van der Waals surface area contributed by atoms with Crippen LogP contribution in [0, 0.1) is 17.7 Å². The third-order valence-electron chi connectivity index (χ3n) is 8.15. The van der Waals surface area contributed by atoms with Crippen molar-refractivity contribution in [3.63, 3.8) is 0 Å². The molecule has 4 heterocycles. The first kappa shape index (κ1) is 28.9. The number of ether oxygens (including phenoxy) is 1. The minimum Gasteiger partial charge on any atom is -0.463 e. The Balaban J connectivity index is 1.27. The molecular weight excluding hydrogens is 531 g/mol. The number of hydrogen-bond donors (Lipinski definition) is 1. The van der Waals surface area contributed by atoms with E-state index >= 15 is 4.39 Å². The van der Waals surface area contributed by atoms with Crippen molar-refractivity contribution < 1.29 is 14.2 Å². The standard InChI is InChI=1S/C30H40ClFN6O2/c1-21(2)23(18-37-14-12-36(13-15-37)17-22-8-5-4-6-9-22)19-40-29-34-26-24(16-33-27(31)25(26)32)28(35-29)38-11-7-10-30(3,39)20-38/h4-6,8-9,16,21,23,39H,7,10-15,17-20H2,1-3H3/t23-,30-/m1/s1. The minimum atomic E-state index is -0.858. The number of benzene rings is 1. The third-order valence-corrected chi connectivity index (χ3v) is 8.41. The fraction of sp³-hybridized carbons (Fsp3) is 0.567. The van der Waals surface area contributed by atoms with E-state index in [0.717, 1.165) is 45.7 Å². The van der Waals surface area contributed by atoms with Crippen LogP contribution in [0.3, 0.4) is 0 Å². The molecule has 0 radical (unpaired) electrons. The first-order valence-corrected chi connectivity index (χ1v) is 14.7. The Hall–Kier alpha value is -2.59. The molecule has 216 valence electrons. The number of rotatable bonds is 9. The van der Waals surface area contributed by atoms with E-state index in [1.807, 2.05) is 11.8 Å². The Bertz CT molecular complexity index is 1290. The molecular formula is C30H40ClFN6O2. The highest BCUT2D eigenvalue weighted by Gasteiger charge is 2.31. The van der Waals surface area contributed by atoms with Gasteiger partial charge in [-0.3, -0.25) is 4.90 Å². The van der Waals surface area contributed by atoms with E-state index in [9.17, 15) is 5.11 Å². The summed E-state index contributed by atoms with van der Waals surface area (Å²) in [4.78, 5) is 20.1. The van der Waals surface area contributed by atoms with Gasteiger partial charge in [0, 0.05) is 64.5 Å². The zero-order valence-electron chi connectivity index (χ0n) is 23.7. The number of aliphatic hydroxyl groups is 1. The highest BCUT2D eigenvalue weighted by Crippen LogP contribution is 2.33. The molecule has 0 saturated carbocycles. The number of nitrogens with zero attached hydrogens (tertiary/aromatic N) is 6. The molecule has 5 rings (SSSR count). The Morgan fingerprint density at radius 1 is 1.07 bits per heavy atom. The van der Waals surface area contributed by atoms with Gasteiger partial charge in [0.1, 0.15) is 11.3 Å². The lowest BCUT2D eigenvalue weighted by Crippen LogP contribution is -2.48. The molecule has 40 heavy (non-hydrogen) atoms. The number of fused-ring (bicyclic) bond motifs is 1. The molecule has 0 bridgehead atoms. The van der Waals surface area contributed by atoms with Crippen molar-refractivity contribution in [2.24, 2.45) is 11.8 Å². The van der Waals surface area contributed by atoms with Crippen molar-refractivity contribution in [2.45, 2.75) is 45.8 Å². The van der Waals surface area contributed by atoms with Crippen LogP contribution in [0.5, 0.6) is 6.01 Å². The van der Waals surface area contributed by atoms with E-state index in [1.54, 1.807) is 0 Å².